The van der Waals surface area contributed by atoms with Gasteiger partial charge >= 0.3 is 17.9 Å². The second-order valence-electron chi connectivity index (χ2n) is 26.6. The number of nitrogens with two attached hydrogens (primary N) is 5. The third kappa shape index (κ3) is 41.5. The number of hydrogen-bond donors (Lipinski definition) is 25. The smallest absolute Gasteiger partial charge is 0.325 e. The van der Waals surface area contributed by atoms with Crippen LogP contribution in [0.4, 0.5) is 0 Å². The van der Waals surface area contributed by atoms with Crippen molar-refractivity contribution in [3.8, 4) is 0 Å². The average molecular weight is 1620 g/mol. The molecular weight excluding hydrogens is 1500 g/mol. The molecule has 0 spiro atoms. The molecule has 0 aromatic rings. The van der Waals surface area contributed by atoms with Gasteiger partial charge in [-0.3, -0.25) is 95.9 Å². The van der Waals surface area contributed by atoms with Crippen LogP contribution in [-0.4, -0.2) is 279 Å². The van der Waals surface area contributed by atoms with Gasteiger partial charge in [-0.1, -0.05) is 13.8 Å². The molecule has 0 aromatic carbocycles. The van der Waals surface area contributed by atoms with E-state index in [1.165, 1.54) is 18.7 Å². The Hall–Kier alpha value is -10.4. The SMILES string of the molecule is CSCC[C@H](NC(=O)[C@@H](N)CO)C(=O)N[C@@H](CCC(N)=O)C(=O)N[C@@H](C)C(=O)N[C@@H](CO)C(=O)N[C@@H](CC(C)C)C(=O)N[C@@H](CCC(=O)O)C(=O)N[C@@H](C)C(=O)N[C@@H](CCC(=O)O)C(=O)N[C@@H](C)C(=O)N[C@@H](CCCCN)C(=O)NCC(=O)N[C@@H](CCCCN)C(=O)N[C@@H](C)C(=O)N[C@@H](CCC(N)=O)C(=O)N[C@@H](C)C(=O)O. The van der Waals surface area contributed by atoms with Crippen LogP contribution in [0.5, 0.6) is 0 Å². The number of aliphatic hydroxyl groups excluding tert-OH is 2. The van der Waals surface area contributed by atoms with Gasteiger partial charge in [-0.25, -0.2) is 0 Å². The number of carboxylic acids is 3. The Balaban J connectivity index is 6.44. The zero-order chi connectivity index (χ0) is 85.7. The third-order valence-electron chi connectivity index (χ3n) is 16.5. The molecule has 0 rings (SSSR count). The van der Waals surface area contributed by atoms with Crippen molar-refractivity contribution >= 4 is 130 Å². The molecule has 0 bridgehead atoms. The summed E-state index contributed by atoms with van der Waals surface area (Å²) in [5.41, 5.74) is 27.4. The van der Waals surface area contributed by atoms with Crippen LogP contribution in [-0.2, 0) is 95.9 Å². The molecule has 0 aliphatic heterocycles. The summed E-state index contributed by atoms with van der Waals surface area (Å²) in [6.07, 6.45) is -1.72. The highest BCUT2D eigenvalue weighted by atomic mass is 32.2. The molecule has 46 heteroatoms. The fraction of sp³-hybridized carbons (Fsp3) is 0.697. The predicted octanol–water partition coefficient (Wildman–Crippen LogP) is -10.3. The number of carboxylic acid groups (broad SMARTS) is 3. The van der Waals surface area contributed by atoms with Crippen LogP contribution in [0.3, 0.4) is 0 Å². The van der Waals surface area contributed by atoms with Gasteiger partial charge in [-0.2, -0.15) is 11.8 Å². The maximum Gasteiger partial charge on any atom is 0.325 e. The fourth-order valence-corrected chi connectivity index (χ4v) is 10.4. The Morgan fingerprint density at radius 2 is 0.625 bits per heavy atom. The van der Waals surface area contributed by atoms with Crippen LogP contribution in [0.15, 0.2) is 0 Å². The summed E-state index contributed by atoms with van der Waals surface area (Å²) in [6, 6.07) is -23.0. The van der Waals surface area contributed by atoms with E-state index < -0.39 is 280 Å². The van der Waals surface area contributed by atoms with Crippen molar-refractivity contribution in [1.82, 2.24) is 79.8 Å². The molecule has 0 saturated carbocycles. The number of primary amides is 2. The van der Waals surface area contributed by atoms with Crippen LogP contribution in [0.1, 0.15) is 151 Å². The maximum atomic E-state index is 14.0. The molecule has 45 nitrogen and oxygen atoms in total. The van der Waals surface area contributed by atoms with E-state index in [0.29, 0.717) is 18.6 Å². The van der Waals surface area contributed by atoms with E-state index in [1.54, 1.807) is 20.1 Å². The van der Waals surface area contributed by atoms with Gasteiger partial charge in [0.05, 0.1) is 19.8 Å². The van der Waals surface area contributed by atoms with Gasteiger partial charge in [0.2, 0.25) is 100 Å². The van der Waals surface area contributed by atoms with Crippen molar-refractivity contribution in [3.05, 3.63) is 0 Å². The van der Waals surface area contributed by atoms with Crippen molar-refractivity contribution in [3.63, 3.8) is 0 Å². The van der Waals surface area contributed by atoms with E-state index >= 15 is 0 Å². The minimum Gasteiger partial charge on any atom is -0.481 e. The van der Waals surface area contributed by atoms with E-state index in [9.17, 15) is 121 Å². The quantitative estimate of drug-likeness (QED) is 0.0251. The van der Waals surface area contributed by atoms with Gasteiger partial charge in [-0.15, -0.1) is 0 Å². The van der Waals surface area contributed by atoms with Gasteiger partial charge in [0.15, 0.2) is 0 Å². The van der Waals surface area contributed by atoms with Crippen molar-refractivity contribution < 1.29 is 121 Å². The summed E-state index contributed by atoms with van der Waals surface area (Å²) in [4.78, 5) is 261. The molecule has 0 heterocycles. The molecule has 0 aliphatic carbocycles. The lowest BCUT2D eigenvalue weighted by Gasteiger charge is -2.27. The van der Waals surface area contributed by atoms with Gasteiger partial charge in [-0.05, 0) is 143 Å². The number of carbonyl (C=O) groups excluding carboxylic acids is 17. The molecular formula is C66H114N20O25S. The Morgan fingerprint density at radius 3 is 0.955 bits per heavy atom. The molecule has 0 radical (unpaired) electrons. The van der Waals surface area contributed by atoms with Crippen LogP contribution < -0.4 is 108 Å². The standard InChI is InChI=1S/C66H114N20O25S/c1-31(2)27-45(85-65(109)46(30-88)86-55(99)35(6)76-59(103)41(16-20-48(71)90)83-63(107)44(23-26-112-8)82-56(100)37(69)29-87)64(108)84-43(18-22-51(94)95)61(105)75-34(5)54(98)81-42(17-21-50(92)93)60(104)74-32(3)52(96)79-38(13-9-11-24-67)57(101)72-28-49(91)78-39(14-10-12-25-68)58(102)73-33(4)53(97)80-40(15-19-47(70)89)62(106)77-36(7)66(110)111/h31-46,87-88H,9-30,67-69H2,1-8H3,(H2,70,89)(H2,71,90)(H,72,101)(H,73,102)(H,74,104)(H,75,105)(H,76,103)(H,77,106)(H,78,91)(H,79,96)(H,80,97)(H,81,98)(H,82,100)(H,83,107)(H,84,108)(H,85,109)(H,86,99)(H,92,93)(H,94,95)(H,110,111)/t32-,33-,34-,35-,36-,37-,38-,39-,40-,41-,42-,43-,44-,45-,46-/m0/s1. The van der Waals surface area contributed by atoms with E-state index in [2.05, 4.69) is 79.8 Å². The Bertz CT molecular complexity index is 3250. The lowest BCUT2D eigenvalue weighted by molar-refractivity contribution is -0.142. The third-order valence-corrected chi connectivity index (χ3v) is 17.1. The van der Waals surface area contributed by atoms with Crippen LogP contribution in [0, 0.1) is 5.92 Å². The topological polar surface area (TPSA) is 753 Å². The molecule has 0 saturated heterocycles. The van der Waals surface area contributed by atoms with E-state index in [0.717, 1.165) is 27.7 Å². The molecule has 112 heavy (non-hydrogen) atoms. The number of aliphatic carboxylic acids is 3. The number of carbonyl (C=O) groups is 20. The van der Waals surface area contributed by atoms with Crippen molar-refractivity contribution in [1.29, 1.82) is 0 Å². The first-order valence-corrected chi connectivity index (χ1v) is 37.5. The first kappa shape index (κ1) is 102. The zero-order valence-electron chi connectivity index (χ0n) is 64.0. The number of aliphatic hydroxyl groups is 2. The number of hydrogen-bond acceptors (Lipinski definition) is 26. The van der Waals surface area contributed by atoms with Gasteiger partial charge < -0.3 is 134 Å². The monoisotopic (exact) mass is 1620 g/mol. The molecule has 0 aromatic heterocycles. The Kier molecular flexibility index (Phi) is 49.2. The Labute approximate surface area is 650 Å². The molecule has 30 N–H and O–H groups in total. The lowest BCUT2D eigenvalue weighted by Crippen LogP contribution is -2.60. The number of rotatable bonds is 58. The summed E-state index contributed by atoms with van der Waals surface area (Å²) in [6.45, 7) is 6.69. The minimum atomic E-state index is -1.85. The molecule has 0 unspecified atom stereocenters. The van der Waals surface area contributed by atoms with E-state index in [1.807, 2.05) is 0 Å². The summed E-state index contributed by atoms with van der Waals surface area (Å²) in [5.74, 6) is -21.6. The van der Waals surface area contributed by atoms with Crippen LogP contribution in [0.25, 0.3) is 0 Å². The van der Waals surface area contributed by atoms with Crippen LogP contribution >= 0.6 is 11.8 Å². The first-order valence-electron chi connectivity index (χ1n) is 36.1. The second-order valence-corrected chi connectivity index (χ2v) is 27.6. The van der Waals surface area contributed by atoms with Crippen molar-refractivity contribution in [2.45, 2.75) is 242 Å². The van der Waals surface area contributed by atoms with Gasteiger partial charge in [0, 0.05) is 25.7 Å². The molecule has 15 atom stereocenters. The van der Waals surface area contributed by atoms with Gasteiger partial charge in [0.25, 0.3) is 0 Å². The second kappa shape index (κ2) is 54.2. The Morgan fingerprint density at radius 1 is 0.330 bits per heavy atom. The lowest BCUT2D eigenvalue weighted by atomic mass is 10.0. The average Bonchev–Trinajstić information content (AvgIpc) is 0.866. The number of thioether (sulfide) groups is 1. The summed E-state index contributed by atoms with van der Waals surface area (Å²) in [7, 11) is 0. The van der Waals surface area contributed by atoms with E-state index in [-0.39, 0.29) is 58.0 Å². The first-order chi connectivity index (χ1) is 52.5. The molecule has 0 aliphatic rings. The largest absolute Gasteiger partial charge is 0.481 e. The minimum absolute atomic E-state index is 0.0301. The zero-order valence-corrected chi connectivity index (χ0v) is 64.8. The highest BCUT2D eigenvalue weighted by molar-refractivity contribution is 7.98. The molecule has 0 fully saturated rings. The van der Waals surface area contributed by atoms with Crippen molar-refractivity contribution in [2.24, 2.45) is 34.6 Å². The van der Waals surface area contributed by atoms with Gasteiger partial charge in [0.1, 0.15) is 90.6 Å². The number of unbranched alkanes of at least 4 members (excludes halogenated alkanes) is 2. The highest BCUT2D eigenvalue weighted by Gasteiger charge is 2.37. The van der Waals surface area contributed by atoms with Crippen LogP contribution in [0.2, 0.25) is 0 Å². The highest BCUT2D eigenvalue weighted by Crippen LogP contribution is 2.12. The fourth-order valence-electron chi connectivity index (χ4n) is 9.90. The molecule has 17 amide bonds. The summed E-state index contributed by atoms with van der Waals surface area (Å²) < 4.78 is 0. The van der Waals surface area contributed by atoms with Crippen molar-refractivity contribution in [2.75, 3.05) is 44.9 Å². The number of amides is 17. The summed E-state index contributed by atoms with van der Waals surface area (Å²) in [5, 5.41) is 83.0. The summed E-state index contributed by atoms with van der Waals surface area (Å²) >= 11 is 1.31. The molecule has 634 valence electrons. The number of nitrogens with one attached hydrogen (secondary N) is 15. The predicted molar refractivity (Wildman–Crippen MR) is 397 cm³/mol. The van der Waals surface area contributed by atoms with E-state index in [4.69, 9.17) is 28.7 Å². The maximum absolute atomic E-state index is 14.0. The normalized spacial score (nSPS) is 15.0.